The van der Waals surface area contributed by atoms with E-state index in [1.165, 1.54) is 0 Å². The van der Waals surface area contributed by atoms with E-state index in [1.54, 1.807) is 0 Å². The minimum Gasteiger partial charge on any atom is -0.481 e. The number of ketones is 1. The van der Waals surface area contributed by atoms with E-state index >= 15 is 0 Å². The van der Waals surface area contributed by atoms with Gasteiger partial charge >= 0.3 is 5.97 Å². The third-order valence-electron chi connectivity index (χ3n) is 6.67. The van der Waals surface area contributed by atoms with Crippen LogP contribution in [-0.2, 0) is 9.59 Å². The summed E-state index contributed by atoms with van der Waals surface area (Å²) in [6, 6.07) is 0. The molecule has 2 aliphatic rings. The molecule has 0 spiro atoms. The number of Topliss-reactive ketones (excluding diaryl/α,β-unsaturated/α-hetero) is 1. The van der Waals surface area contributed by atoms with E-state index in [2.05, 4.69) is 0 Å². The molecule has 2 rings (SSSR count). The Morgan fingerprint density at radius 1 is 1.22 bits per heavy atom. The fourth-order valence-corrected chi connectivity index (χ4v) is 5.06. The number of aliphatic carboxylic acids is 1. The van der Waals surface area contributed by atoms with Gasteiger partial charge in [0.25, 0.3) is 5.92 Å². The molecule has 0 aromatic carbocycles. The second-order valence-corrected chi connectivity index (χ2v) is 8.63. The van der Waals surface area contributed by atoms with Crippen molar-refractivity contribution in [3.63, 3.8) is 0 Å². The highest BCUT2D eigenvalue weighted by atomic mass is 19.3. The van der Waals surface area contributed by atoms with Crippen molar-refractivity contribution in [2.45, 2.75) is 102 Å². The van der Waals surface area contributed by atoms with Crippen molar-refractivity contribution in [2.24, 2.45) is 17.8 Å². The number of fused-ring (bicyclic) bond motifs is 1. The second kappa shape index (κ2) is 9.44. The Kier molecular flexibility index (Phi) is 7.78. The maximum Gasteiger partial charge on any atom is 0.303 e. The summed E-state index contributed by atoms with van der Waals surface area (Å²) < 4.78 is 29.1. The van der Waals surface area contributed by atoms with Gasteiger partial charge in [0.1, 0.15) is 11.4 Å². The lowest BCUT2D eigenvalue weighted by molar-refractivity contribution is -0.210. The third kappa shape index (κ3) is 5.49. The predicted octanol–water partition coefficient (Wildman–Crippen LogP) is 4.97. The topological polar surface area (TPSA) is 74.6 Å². The van der Waals surface area contributed by atoms with Crippen molar-refractivity contribution in [1.29, 1.82) is 0 Å². The Morgan fingerprint density at radius 3 is 2.59 bits per heavy atom. The fraction of sp³-hybridized carbons (Fsp3) is 0.905. The van der Waals surface area contributed by atoms with Gasteiger partial charge in [0, 0.05) is 25.2 Å². The van der Waals surface area contributed by atoms with Crippen LogP contribution in [0.1, 0.15) is 90.4 Å². The van der Waals surface area contributed by atoms with Gasteiger partial charge < -0.3 is 10.2 Å². The second-order valence-electron chi connectivity index (χ2n) is 8.63. The first kappa shape index (κ1) is 22.3. The van der Waals surface area contributed by atoms with Crippen LogP contribution in [0.3, 0.4) is 0 Å². The molecular formula is C21H34F2O4. The van der Waals surface area contributed by atoms with Crippen molar-refractivity contribution in [3.8, 4) is 0 Å². The number of alkyl halides is 2. The van der Waals surface area contributed by atoms with Crippen molar-refractivity contribution in [2.75, 3.05) is 0 Å². The summed E-state index contributed by atoms with van der Waals surface area (Å²) in [5, 5.41) is 19.3. The summed E-state index contributed by atoms with van der Waals surface area (Å²) in [5.74, 6) is -3.77. The molecule has 2 aliphatic carbocycles. The van der Waals surface area contributed by atoms with Gasteiger partial charge in [0.2, 0.25) is 0 Å². The first-order valence-electron chi connectivity index (χ1n) is 10.5. The molecule has 0 aromatic rings. The van der Waals surface area contributed by atoms with Gasteiger partial charge in [0.15, 0.2) is 0 Å². The molecule has 6 heteroatoms. The van der Waals surface area contributed by atoms with E-state index in [0.29, 0.717) is 32.1 Å². The quantitative estimate of drug-likeness (QED) is 0.490. The number of carboxylic acid groups (broad SMARTS) is 1. The molecule has 4 nitrogen and oxygen atoms in total. The zero-order chi connectivity index (χ0) is 20.1. The van der Waals surface area contributed by atoms with Crippen LogP contribution in [0.5, 0.6) is 0 Å². The predicted molar refractivity (Wildman–Crippen MR) is 98.7 cm³/mol. The average molecular weight is 388 g/mol. The number of rotatable bonds is 11. The molecule has 2 N–H and O–H groups in total. The third-order valence-corrected chi connectivity index (χ3v) is 6.67. The number of carboxylic acids is 1. The van der Waals surface area contributed by atoms with E-state index < -0.39 is 17.5 Å². The van der Waals surface area contributed by atoms with Crippen LogP contribution in [0.2, 0.25) is 0 Å². The summed E-state index contributed by atoms with van der Waals surface area (Å²) in [4.78, 5) is 22.9. The fourth-order valence-electron chi connectivity index (χ4n) is 5.06. The SMILES string of the molecule is CCCCC(F)(F)[C@@]1(O)CCC2[C@@H](CC(=O)[C@@H]2CCCCCCC(=O)O)C1. The normalized spacial score (nSPS) is 31.1. The molecule has 0 bridgehead atoms. The minimum atomic E-state index is -3.08. The Balaban J connectivity index is 1.84. The lowest BCUT2D eigenvalue weighted by Crippen LogP contribution is -2.52. The molecule has 156 valence electrons. The largest absolute Gasteiger partial charge is 0.481 e. The highest BCUT2D eigenvalue weighted by molar-refractivity contribution is 5.84. The summed E-state index contributed by atoms with van der Waals surface area (Å²) in [5.41, 5.74) is -1.96. The number of carbonyl (C=O) groups is 2. The van der Waals surface area contributed by atoms with Crippen LogP contribution in [0.25, 0.3) is 0 Å². The summed E-state index contributed by atoms with van der Waals surface area (Å²) >= 11 is 0. The van der Waals surface area contributed by atoms with Crippen LogP contribution in [0, 0.1) is 17.8 Å². The van der Waals surface area contributed by atoms with Gasteiger partial charge in [-0.3, -0.25) is 9.59 Å². The molecule has 0 aromatic heterocycles. The maximum absolute atomic E-state index is 14.5. The van der Waals surface area contributed by atoms with E-state index in [-0.39, 0.29) is 49.2 Å². The van der Waals surface area contributed by atoms with E-state index in [0.717, 1.165) is 25.7 Å². The van der Waals surface area contributed by atoms with Crippen LogP contribution >= 0.6 is 0 Å². The number of unbranched alkanes of at least 4 members (excludes halogenated alkanes) is 4. The van der Waals surface area contributed by atoms with Gasteiger partial charge in [-0.25, -0.2) is 8.78 Å². The van der Waals surface area contributed by atoms with E-state index in [4.69, 9.17) is 5.11 Å². The smallest absolute Gasteiger partial charge is 0.303 e. The average Bonchev–Trinajstić information content (AvgIpc) is 2.90. The number of hydrogen-bond donors (Lipinski definition) is 2. The van der Waals surface area contributed by atoms with Crippen LogP contribution in [0.15, 0.2) is 0 Å². The van der Waals surface area contributed by atoms with E-state index in [1.807, 2.05) is 6.92 Å². The Morgan fingerprint density at radius 2 is 1.93 bits per heavy atom. The molecule has 2 fully saturated rings. The monoisotopic (exact) mass is 388 g/mol. The Bertz CT molecular complexity index is 522. The van der Waals surface area contributed by atoms with Crippen molar-refractivity contribution >= 4 is 11.8 Å². The van der Waals surface area contributed by atoms with E-state index in [9.17, 15) is 23.5 Å². The molecule has 0 aliphatic heterocycles. The van der Waals surface area contributed by atoms with Crippen LogP contribution < -0.4 is 0 Å². The summed E-state index contributed by atoms with van der Waals surface area (Å²) in [6.07, 6.45) is 5.91. The Labute approximate surface area is 160 Å². The van der Waals surface area contributed by atoms with Crippen molar-refractivity contribution < 1.29 is 28.6 Å². The molecule has 27 heavy (non-hydrogen) atoms. The van der Waals surface area contributed by atoms with Crippen LogP contribution in [0.4, 0.5) is 8.78 Å². The van der Waals surface area contributed by atoms with Gasteiger partial charge in [-0.05, 0) is 50.4 Å². The highest BCUT2D eigenvalue weighted by Crippen LogP contribution is 2.53. The van der Waals surface area contributed by atoms with Crippen LogP contribution in [-0.4, -0.2) is 33.5 Å². The first-order chi connectivity index (χ1) is 12.7. The molecule has 2 saturated carbocycles. The molecule has 0 saturated heterocycles. The molecular weight excluding hydrogens is 354 g/mol. The summed E-state index contributed by atoms with van der Waals surface area (Å²) in [6.45, 7) is 1.86. The number of halogens is 2. The first-order valence-corrected chi connectivity index (χ1v) is 10.5. The lowest BCUT2D eigenvalue weighted by Gasteiger charge is -2.44. The number of hydrogen-bond acceptors (Lipinski definition) is 3. The lowest BCUT2D eigenvalue weighted by atomic mass is 9.67. The zero-order valence-corrected chi connectivity index (χ0v) is 16.4. The zero-order valence-electron chi connectivity index (χ0n) is 16.4. The van der Waals surface area contributed by atoms with Gasteiger partial charge in [-0.15, -0.1) is 0 Å². The van der Waals surface area contributed by atoms with Gasteiger partial charge in [0.05, 0.1) is 0 Å². The molecule has 0 amide bonds. The maximum atomic E-state index is 14.5. The Hall–Kier alpha value is -1.04. The molecule has 4 atom stereocenters. The summed E-state index contributed by atoms with van der Waals surface area (Å²) in [7, 11) is 0. The minimum absolute atomic E-state index is 0.0369. The number of carbonyl (C=O) groups excluding carboxylic acids is 1. The number of aliphatic hydroxyl groups is 1. The van der Waals surface area contributed by atoms with Gasteiger partial charge in [-0.1, -0.05) is 32.6 Å². The van der Waals surface area contributed by atoms with Crippen molar-refractivity contribution in [3.05, 3.63) is 0 Å². The molecule has 1 unspecified atom stereocenters. The molecule has 0 heterocycles. The van der Waals surface area contributed by atoms with Gasteiger partial charge in [-0.2, -0.15) is 0 Å². The highest BCUT2D eigenvalue weighted by Gasteiger charge is 2.58. The standard InChI is InChI=1S/C21H34F2O4/c1-2-3-11-21(22,23)20(27)12-10-16-15(14-20)13-18(24)17(16)8-6-4-5-7-9-19(25)26/h15-17,27H,2-14H2,1H3,(H,25,26)/t15-,16?,17+,20+/m0/s1. The van der Waals surface area contributed by atoms with Crippen molar-refractivity contribution in [1.82, 2.24) is 0 Å². The molecule has 0 radical (unpaired) electrons.